The number of hydrogen-bond donors (Lipinski definition) is 0. The Morgan fingerprint density at radius 1 is 1.18 bits per heavy atom. The minimum atomic E-state index is -0.761. The van der Waals surface area contributed by atoms with E-state index in [2.05, 4.69) is 45.4 Å². The van der Waals surface area contributed by atoms with Gasteiger partial charge in [0.25, 0.3) is 0 Å². The van der Waals surface area contributed by atoms with Crippen LogP contribution in [0.25, 0.3) is 0 Å². The Bertz CT molecular complexity index is 51.0. The van der Waals surface area contributed by atoms with E-state index < -0.39 is 9.04 Å². The predicted molar refractivity (Wildman–Crippen MR) is 61.7 cm³/mol. The van der Waals surface area contributed by atoms with Gasteiger partial charge in [0, 0.05) is 0 Å². The first-order valence-corrected chi connectivity index (χ1v) is 5.96. The van der Waals surface area contributed by atoms with Gasteiger partial charge in [-0.3, -0.25) is 0 Å². The molecule has 0 rings (SSSR count). The van der Waals surface area contributed by atoms with Crippen molar-refractivity contribution in [2.24, 2.45) is 0 Å². The maximum absolute atomic E-state index is 4.64. The molecule has 0 aromatic rings. The van der Waals surface area contributed by atoms with E-state index in [0.29, 0.717) is 0 Å². The van der Waals surface area contributed by atoms with Gasteiger partial charge >= 0.3 is 23.1 Å². The van der Waals surface area contributed by atoms with Crippen LogP contribution < -0.4 is 0 Å². The van der Waals surface area contributed by atoms with Crippen molar-refractivity contribution < 1.29 is 4.43 Å². The van der Waals surface area contributed by atoms with Crippen LogP contribution in [0.1, 0.15) is 20.8 Å². The first kappa shape index (κ1) is 22.8. The Balaban J connectivity index is -0.0000000383. The normalized spacial score (nSPS) is 7.64. The Morgan fingerprint density at radius 2 is 1.27 bits per heavy atom. The molecule has 0 aromatic carbocycles. The molecule has 0 saturated carbocycles. The van der Waals surface area contributed by atoms with Crippen LogP contribution in [0, 0.1) is 13.0 Å². The van der Waals surface area contributed by atoms with Gasteiger partial charge in [-0.1, -0.05) is 13.1 Å². The third-order valence-corrected chi connectivity index (χ3v) is 1.00. The summed E-state index contributed by atoms with van der Waals surface area (Å²) in [4.78, 5) is 0. The largest absolute Gasteiger partial charge is 2.00 e. The zero-order valence-electron chi connectivity index (χ0n) is 8.31. The van der Waals surface area contributed by atoms with E-state index >= 15 is 0 Å². The Labute approximate surface area is 99.9 Å². The molecule has 0 N–H and O–H groups in total. The van der Waals surface area contributed by atoms with Crippen LogP contribution in [0.5, 0.6) is 0 Å². The molecule has 0 spiro atoms. The van der Waals surface area contributed by atoms with E-state index in [1.807, 2.05) is 0 Å². The van der Waals surface area contributed by atoms with Gasteiger partial charge in [-0.2, -0.15) is 20.8 Å². The molecule has 0 amide bonds. The van der Waals surface area contributed by atoms with Gasteiger partial charge in [-0.15, -0.1) is 17.0 Å². The van der Waals surface area contributed by atoms with Crippen molar-refractivity contribution in [1.29, 1.82) is 0 Å². The summed E-state index contributed by atoms with van der Waals surface area (Å²) in [5.41, 5.74) is 0. The SMILES string of the molecule is Br.C[C-](C)C.[CH2-]O[SiH](C)C.[Mg+2]. The van der Waals surface area contributed by atoms with Crippen LogP contribution in [0.4, 0.5) is 0 Å². The van der Waals surface area contributed by atoms with Crippen LogP contribution in [-0.4, -0.2) is 32.1 Å². The predicted octanol–water partition coefficient (Wildman–Crippen LogP) is 2.60. The van der Waals surface area contributed by atoms with E-state index in [1.54, 1.807) is 0 Å². The van der Waals surface area contributed by atoms with Crippen molar-refractivity contribution in [2.45, 2.75) is 33.9 Å². The zero-order valence-corrected chi connectivity index (χ0v) is 12.6. The second-order valence-electron chi connectivity index (χ2n) is 2.72. The van der Waals surface area contributed by atoms with Crippen LogP contribution in [0.15, 0.2) is 0 Å². The third-order valence-electron chi connectivity index (χ3n) is 0.333. The summed E-state index contributed by atoms with van der Waals surface area (Å²) in [5, 5.41) is 0. The van der Waals surface area contributed by atoms with Crippen LogP contribution in [-0.2, 0) is 4.43 Å². The number of hydrogen-bond acceptors (Lipinski definition) is 1. The second-order valence-corrected chi connectivity index (χ2v) is 5.15. The van der Waals surface area contributed by atoms with Gasteiger partial charge < -0.3 is 10.3 Å². The van der Waals surface area contributed by atoms with E-state index in [1.165, 1.54) is 5.92 Å². The molecule has 0 fully saturated rings. The fraction of sp³-hybridized carbons (Fsp3) is 0.714. The maximum atomic E-state index is 4.64. The van der Waals surface area contributed by atoms with E-state index in [-0.39, 0.29) is 40.0 Å². The van der Waals surface area contributed by atoms with Gasteiger partial charge in [0.2, 0.25) is 0 Å². The molecule has 66 valence electrons. The molecule has 0 saturated heterocycles. The molecular formula is C7H19BrMgOSi. The molecule has 4 heteroatoms. The van der Waals surface area contributed by atoms with Crippen LogP contribution >= 0.6 is 17.0 Å². The molecule has 0 atom stereocenters. The molecular weight excluding hydrogens is 232 g/mol. The molecule has 0 aliphatic heterocycles. The number of halogens is 1. The summed E-state index contributed by atoms with van der Waals surface area (Å²) in [7, 11) is 2.49. The molecule has 0 unspecified atom stereocenters. The first-order valence-electron chi connectivity index (χ1n) is 3.18. The summed E-state index contributed by atoms with van der Waals surface area (Å²) < 4.78 is 4.64. The van der Waals surface area contributed by atoms with E-state index in [9.17, 15) is 0 Å². The fourth-order valence-electron chi connectivity index (χ4n) is 0. The van der Waals surface area contributed by atoms with Crippen molar-refractivity contribution in [3.8, 4) is 0 Å². The van der Waals surface area contributed by atoms with Crippen molar-refractivity contribution in [3.63, 3.8) is 0 Å². The van der Waals surface area contributed by atoms with Crippen molar-refractivity contribution in [1.82, 2.24) is 0 Å². The quantitative estimate of drug-likeness (QED) is 0.514. The van der Waals surface area contributed by atoms with E-state index in [0.717, 1.165) is 0 Å². The fourth-order valence-corrected chi connectivity index (χ4v) is 0. The molecule has 0 aliphatic rings. The molecule has 1 nitrogen and oxygen atoms in total. The third kappa shape index (κ3) is 86.6. The summed E-state index contributed by atoms with van der Waals surface area (Å²) >= 11 is 0. The molecule has 0 aliphatic carbocycles. The van der Waals surface area contributed by atoms with Gasteiger partial charge in [-0.05, 0) is 0 Å². The van der Waals surface area contributed by atoms with Crippen molar-refractivity contribution >= 4 is 49.1 Å². The Kier molecular flexibility index (Phi) is 36.3. The summed E-state index contributed by atoms with van der Waals surface area (Å²) in [6.45, 7) is 10.4. The van der Waals surface area contributed by atoms with Gasteiger partial charge in [0.1, 0.15) is 9.04 Å². The summed E-state index contributed by atoms with van der Waals surface area (Å²) in [6.07, 6.45) is 0. The van der Waals surface area contributed by atoms with Gasteiger partial charge in [0.15, 0.2) is 0 Å². The molecule has 0 bridgehead atoms. The van der Waals surface area contributed by atoms with Gasteiger partial charge in [0.05, 0.1) is 0 Å². The molecule has 0 heterocycles. The average Bonchev–Trinajstić information content (AvgIpc) is 1.65. The molecule has 11 heavy (non-hydrogen) atoms. The number of rotatable bonds is 1. The average molecular weight is 252 g/mol. The minimum Gasteiger partial charge on any atom is -0.598 e. The topological polar surface area (TPSA) is 9.23 Å². The molecule has 0 radical (unpaired) electrons. The standard InChI is InChI=1S/C4H9.C3H9OSi.BrH.Mg/c1-4(2)3;1-4-5(2)3;;/h1-3H3;5H,1H2,2-3H3;1H;/q2*-1;;+2. The Hall–Kier alpha value is 1.42. The smallest absolute Gasteiger partial charge is 0.598 e. The second kappa shape index (κ2) is 17.5. The monoisotopic (exact) mass is 250 g/mol. The Morgan fingerprint density at radius 3 is 1.27 bits per heavy atom. The maximum Gasteiger partial charge on any atom is 2.00 e. The van der Waals surface area contributed by atoms with E-state index in [4.69, 9.17) is 0 Å². The van der Waals surface area contributed by atoms with Gasteiger partial charge in [-0.25, -0.2) is 7.11 Å². The van der Waals surface area contributed by atoms with Crippen molar-refractivity contribution in [2.75, 3.05) is 0 Å². The first-order chi connectivity index (χ1) is 4.00. The molecule has 0 aromatic heterocycles. The van der Waals surface area contributed by atoms with Crippen LogP contribution in [0.3, 0.4) is 0 Å². The van der Waals surface area contributed by atoms with Crippen LogP contribution in [0.2, 0.25) is 13.1 Å². The summed E-state index contributed by atoms with van der Waals surface area (Å²) in [6, 6.07) is 0. The zero-order chi connectivity index (χ0) is 7.86. The minimum absolute atomic E-state index is 0. The summed E-state index contributed by atoms with van der Waals surface area (Å²) in [5.74, 6) is 1.42. The van der Waals surface area contributed by atoms with Crippen molar-refractivity contribution in [3.05, 3.63) is 13.0 Å².